The van der Waals surface area contributed by atoms with Gasteiger partial charge in [-0.15, -0.1) is 0 Å². The molecule has 0 radical (unpaired) electrons. The molecule has 18 heavy (non-hydrogen) atoms. The van der Waals surface area contributed by atoms with E-state index < -0.39 is 11.9 Å². The zero-order valence-electron chi connectivity index (χ0n) is 11.3. The van der Waals surface area contributed by atoms with Crippen molar-refractivity contribution >= 4 is 11.9 Å². The zero-order valence-corrected chi connectivity index (χ0v) is 11.3. The molecule has 1 fully saturated rings. The van der Waals surface area contributed by atoms with Crippen molar-refractivity contribution in [2.75, 3.05) is 0 Å². The summed E-state index contributed by atoms with van der Waals surface area (Å²) >= 11 is 0. The summed E-state index contributed by atoms with van der Waals surface area (Å²) in [4.78, 5) is 22.8. The van der Waals surface area contributed by atoms with Gasteiger partial charge in [-0.05, 0) is 30.6 Å². The summed E-state index contributed by atoms with van der Waals surface area (Å²) in [5, 5.41) is 18.6. The lowest BCUT2D eigenvalue weighted by Crippen LogP contribution is -2.21. The molecule has 0 aromatic rings. The molecule has 0 spiro atoms. The molecule has 1 aliphatic rings. The minimum Gasteiger partial charge on any atom is -0.478 e. The molecule has 0 aromatic carbocycles. The van der Waals surface area contributed by atoms with E-state index in [-0.39, 0.29) is 22.5 Å². The van der Waals surface area contributed by atoms with Crippen LogP contribution in [-0.4, -0.2) is 22.2 Å². The Morgan fingerprint density at radius 3 is 1.89 bits per heavy atom. The Labute approximate surface area is 108 Å². The van der Waals surface area contributed by atoms with Gasteiger partial charge >= 0.3 is 11.9 Å². The van der Waals surface area contributed by atoms with Gasteiger partial charge in [0, 0.05) is 5.57 Å². The lowest BCUT2D eigenvalue weighted by Gasteiger charge is -2.22. The monoisotopic (exact) mass is 254 g/mol. The molecule has 1 saturated carbocycles. The summed E-state index contributed by atoms with van der Waals surface area (Å²) in [5.41, 5.74) is -0.00986. The molecule has 0 aromatic heterocycles. The van der Waals surface area contributed by atoms with Crippen LogP contribution in [0.1, 0.15) is 52.9 Å². The molecular weight excluding hydrogens is 232 g/mol. The number of carboxylic acid groups (broad SMARTS) is 2. The van der Waals surface area contributed by atoms with E-state index in [9.17, 15) is 19.8 Å². The van der Waals surface area contributed by atoms with Gasteiger partial charge in [-0.25, -0.2) is 9.59 Å². The Balaban J connectivity index is 3.17. The molecule has 0 bridgehead atoms. The molecule has 4 heteroatoms. The third kappa shape index (κ3) is 3.86. The summed E-state index contributed by atoms with van der Waals surface area (Å²) in [5.74, 6) is -2.24. The smallest absolute Gasteiger partial charge is 0.332 e. The van der Waals surface area contributed by atoms with E-state index in [0.29, 0.717) is 6.42 Å². The molecule has 0 aliphatic heterocycles. The molecular formula is C14H22O4. The maximum absolute atomic E-state index is 11.4. The van der Waals surface area contributed by atoms with E-state index >= 15 is 0 Å². The highest BCUT2D eigenvalue weighted by Crippen LogP contribution is 2.36. The van der Waals surface area contributed by atoms with Crippen molar-refractivity contribution in [1.82, 2.24) is 0 Å². The molecule has 0 saturated heterocycles. The normalized spacial score (nSPS) is 18.6. The lowest BCUT2D eigenvalue weighted by molar-refractivity contribution is -0.136. The predicted octanol–water partition coefficient (Wildman–Crippen LogP) is 3.08. The Hall–Kier alpha value is -1.32. The van der Waals surface area contributed by atoms with Crippen molar-refractivity contribution in [1.29, 1.82) is 0 Å². The van der Waals surface area contributed by atoms with Gasteiger partial charge in [0.1, 0.15) is 0 Å². The van der Waals surface area contributed by atoms with Crippen molar-refractivity contribution in [3.05, 3.63) is 11.1 Å². The molecule has 102 valence electrons. The number of carboxylic acids is 2. The lowest BCUT2D eigenvalue weighted by atomic mass is 9.82. The highest BCUT2D eigenvalue weighted by molar-refractivity contribution is 5.99. The minimum absolute atomic E-state index is 0.0851. The van der Waals surface area contributed by atoms with Gasteiger partial charge in [-0.2, -0.15) is 0 Å². The number of carbonyl (C=O) groups is 2. The van der Waals surface area contributed by atoms with Crippen molar-refractivity contribution in [3.8, 4) is 0 Å². The molecule has 0 amide bonds. The maximum atomic E-state index is 11.4. The van der Waals surface area contributed by atoms with Crippen LogP contribution in [-0.2, 0) is 9.59 Å². The second kappa shape index (κ2) is 5.55. The first kappa shape index (κ1) is 14.7. The maximum Gasteiger partial charge on any atom is 0.332 e. The zero-order chi connectivity index (χ0) is 13.9. The fourth-order valence-electron chi connectivity index (χ4n) is 2.58. The van der Waals surface area contributed by atoms with Gasteiger partial charge in [0.2, 0.25) is 0 Å². The van der Waals surface area contributed by atoms with Crippen LogP contribution in [0.3, 0.4) is 0 Å². The molecule has 2 N–H and O–H groups in total. The van der Waals surface area contributed by atoms with Gasteiger partial charge in [0.15, 0.2) is 0 Å². The van der Waals surface area contributed by atoms with Gasteiger partial charge < -0.3 is 10.2 Å². The van der Waals surface area contributed by atoms with Gasteiger partial charge in [0.25, 0.3) is 0 Å². The molecule has 0 heterocycles. The second-order valence-corrected chi connectivity index (χ2v) is 6.22. The van der Waals surface area contributed by atoms with Crippen LogP contribution in [0, 0.1) is 11.3 Å². The molecule has 1 aliphatic carbocycles. The largest absolute Gasteiger partial charge is 0.478 e. The Kier molecular flexibility index (Phi) is 4.54. The van der Waals surface area contributed by atoms with Crippen molar-refractivity contribution in [2.45, 2.75) is 52.9 Å². The predicted molar refractivity (Wildman–Crippen MR) is 68.3 cm³/mol. The average Bonchev–Trinajstić information content (AvgIpc) is 2.67. The summed E-state index contributed by atoms with van der Waals surface area (Å²) in [6, 6.07) is 0. The molecule has 0 unspecified atom stereocenters. The van der Waals surface area contributed by atoms with Crippen LogP contribution < -0.4 is 0 Å². The first-order chi connectivity index (χ1) is 8.22. The van der Waals surface area contributed by atoms with E-state index in [1.807, 2.05) is 20.8 Å². The Bertz CT molecular complexity index is 368. The third-order valence-electron chi connectivity index (χ3n) is 3.28. The molecule has 0 atom stereocenters. The van der Waals surface area contributed by atoms with Crippen LogP contribution in [0.15, 0.2) is 11.1 Å². The van der Waals surface area contributed by atoms with E-state index in [1.165, 1.54) is 0 Å². The van der Waals surface area contributed by atoms with Crippen molar-refractivity contribution in [2.24, 2.45) is 11.3 Å². The Morgan fingerprint density at radius 1 is 1.06 bits per heavy atom. The highest BCUT2D eigenvalue weighted by atomic mass is 16.4. The summed E-state index contributed by atoms with van der Waals surface area (Å²) in [6.07, 6.45) is 3.86. The number of hydrogen-bond donors (Lipinski definition) is 2. The third-order valence-corrected chi connectivity index (χ3v) is 3.28. The van der Waals surface area contributed by atoms with E-state index in [4.69, 9.17) is 0 Å². The quantitative estimate of drug-likeness (QED) is 0.756. The minimum atomic E-state index is -1.09. The summed E-state index contributed by atoms with van der Waals surface area (Å²) in [7, 11) is 0. The number of rotatable bonds is 4. The topological polar surface area (TPSA) is 74.6 Å². The second-order valence-electron chi connectivity index (χ2n) is 6.22. The van der Waals surface area contributed by atoms with Gasteiger partial charge in [0.05, 0.1) is 5.57 Å². The Morgan fingerprint density at radius 2 is 1.56 bits per heavy atom. The molecule has 4 nitrogen and oxygen atoms in total. The molecule has 1 rings (SSSR count). The first-order valence-corrected chi connectivity index (χ1v) is 6.42. The average molecular weight is 254 g/mol. The fraction of sp³-hybridized carbons (Fsp3) is 0.714. The van der Waals surface area contributed by atoms with Crippen molar-refractivity contribution in [3.63, 3.8) is 0 Å². The number of hydrogen-bond acceptors (Lipinski definition) is 2. The van der Waals surface area contributed by atoms with E-state index in [1.54, 1.807) is 0 Å². The van der Waals surface area contributed by atoms with Crippen LogP contribution in [0.4, 0.5) is 0 Å². The van der Waals surface area contributed by atoms with E-state index in [0.717, 1.165) is 25.7 Å². The summed E-state index contributed by atoms with van der Waals surface area (Å²) in [6.45, 7) is 5.76. The summed E-state index contributed by atoms with van der Waals surface area (Å²) < 4.78 is 0. The van der Waals surface area contributed by atoms with Crippen LogP contribution in [0.25, 0.3) is 0 Å². The SMILES string of the molecule is CC(C)(C)CC(C(=O)O)=C(C(=O)O)C1CCCC1. The highest BCUT2D eigenvalue weighted by Gasteiger charge is 2.31. The number of aliphatic carboxylic acids is 2. The van der Waals surface area contributed by atoms with Crippen LogP contribution >= 0.6 is 0 Å². The van der Waals surface area contributed by atoms with Gasteiger partial charge in [-0.1, -0.05) is 33.6 Å². The van der Waals surface area contributed by atoms with Crippen molar-refractivity contribution < 1.29 is 19.8 Å². The van der Waals surface area contributed by atoms with E-state index in [2.05, 4.69) is 0 Å². The van der Waals surface area contributed by atoms with Crippen LogP contribution in [0.5, 0.6) is 0 Å². The van der Waals surface area contributed by atoms with Gasteiger partial charge in [-0.3, -0.25) is 0 Å². The van der Waals surface area contributed by atoms with Crippen LogP contribution in [0.2, 0.25) is 0 Å². The first-order valence-electron chi connectivity index (χ1n) is 6.42. The fourth-order valence-corrected chi connectivity index (χ4v) is 2.58. The standard InChI is InChI=1S/C14H22O4/c1-14(2,3)8-10(12(15)16)11(13(17)18)9-6-4-5-7-9/h9H,4-8H2,1-3H3,(H,15,16)(H,17,18).